The van der Waals surface area contributed by atoms with Crippen molar-refractivity contribution < 1.29 is 14.3 Å². The van der Waals surface area contributed by atoms with E-state index in [2.05, 4.69) is 4.99 Å². The normalized spacial score (nSPS) is 15.5. The molecule has 0 aromatic heterocycles. The third-order valence-electron chi connectivity index (χ3n) is 2.38. The topological polar surface area (TPSA) is 102 Å². The first kappa shape index (κ1) is 23.3. The molecule has 0 rings (SSSR count). The highest BCUT2D eigenvalue weighted by molar-refractivity contribution is 5.85. The molecular weight excluding hydrogens is 296 g/mol. The lowest BCUT2D eigenvalue weighted by Crippen LogP contribution is -2.44. The van der Waals surface area contributed by atoms with Crippen molar-refractivity contribution in [2.45, 2.75) is 39.2 Å². The van der Waals surface area contributed by atoms with Crippen molar-refractivity contribution in [3.63, 3.8) is 0 Å². The van der Waals surface area contributed by atoms with Gasteiger partial charge in [-0.3, -0.25) is 9.79 Å². The van der Waals surface area contributed by atoms with E-state index in [0.717, 1.165) is 0 Å². The minimum Gasteiger partial charge on any atom is -0.480 e. The van der Waals surface area contributed by atoms with Crippen LogP contribution in [0.1, 0.15) is 33.6 Å². The van der Waals surface area contributed by atoms with E-state index < -0.39 is 11.5 Å². The number of aliphatic imine (C=N–C) groups is 1. The van der Waals surface area contributed by atoms with E-state index in [9.17, 15) is 9.18 Å². The number of halogens is 3. The average molecular weight is 318 g/mol. The molecule has 0 aliphatic heterocycles. The van der Waals surface area contributed by atoms with Crippen molar-refractivity contribution in [1.82, 2.24) is 0 Å². The fraction of sp³-hybridized carbons (Fsp3) is 0.636. The average Bonchev–Trinajstić information content (AvgIpc) is 2.22. The van der Waals surface area contributed by atoms with Gasteiger partial charge in [-0.05, 0) is 32.8 Å². The zero-order valence-corrected chi connectivity index (χ0v) is 12.9. The zero-order chi connectivity index (χ0) is 13.6. The third-order valence-corrected chi connectivity index (χ3v) is 2.38. The molecule has 0 aliphatic rings. The second kappa shape index (κ2) is 10.00. The Hall–Kier alpha value is -0.850. The van der Waals surface area contributed by atoms with Gasteiger partial charge in [0.15, 0.2) is 0 Å². The maximum absolute atomic E-state index is 13.6. The van der Waals surface area contributed by atoms with E-state index in [4.69, 9.17) is 16.6 Å². The molecule has 0 saturated heterocycles. The Balaban J connectivity index is -0.00000128. The lowest BCUT2D eigenvalue weighted by Gasteiger charge is -2.18. The molecule has 8 heteroatoms. The Morgan fingerprint density at radius 2 is 1.84 bits per heavy atom. The van der Waals surface area contributed by atoms with Crippen LogP contribution in [0.2, 0.25) is 0 Å². The summed E-state index contributed by atoms with van der Waals surface area (Å²) in [5.74, 6) is -1.14. The Bertz CT molecular complexity index is 354. The monoisotopic (exact) mass is 317 g/mol. The summed E-state index contributed by atoms with van der Waals surface area (Å²) in [7, 11) is 0. The summed E-state index contributed by atoms with van der Waals surface area (Å²) in [6.45, 7) is 4.76. The van der Waals surface area contributed by atoms with Gasteiger partial charge in [0.25, 0.3) is 0 Å². The van der Waals surface area contributed by atoms with Gasteiger partial charge in [0, 0.05) is 6.42 Å². The van der Waals surface area contributed by atoms with E-state index in [0.29, 0.717) is 11.4 Å². The molecule has 0 bridgehead atoms. The van der Waals surface area contributed by atoms with Gasteiger partial charge in [-0.2, -0.15) is 0 Å². The van der Waals surface area contributed by atoms with Gasteiger partial charge in [-0.15, -0.1) is 24.8 Å². The number of carboxylic acid groups (broad SMARTS) is 1. The molecular formula is C11H22Cl2FN3O2. The number of nitrogens with zero attached hydrogens (tertiary/aromatic N) is 1. The summed E-state index contributed by atoms with van der Waals surface area (Å²) in [6.07, 6.45) is 0.0289. The van der Waals surface area contributed by atoms with Crippen LogP contribution in [0.15, 0.2) is 16.4 Å². The molecule has 0 saturated carbocycles. The summed E-state index contributed by atoms with van der Waals surface area (Å²) in [6, 6.07) is 0. The van der Waals surface area contributed by atoms with E-state index in [1.807, 2.05) is 0 Å². The summed E-state index contributed by atoms with van der Waals surface area (Å²) >= 11 is 0. The lowest BCUT2D eigenvalue weighted by molar-refractivity contribution is -0.142. The smallest absolute Gasteiger partial charge is 0.323 e. The molecule has 0 fully saturated rings. The molecule has 0 heterocycles. The number of amidine groups is 1. The van der Waals surface area contributed by atoms with E-state index >= 15 is 0 Å². The first-order valence-corrected chi connectivity index (χ1v) is 5.29. The number of hydrogen-bond donors (Lipinski definition) is 3. The highest BCUT2D eigenvalue weighted by atomic mass is 35.5. The molecule has 0 aromatic carbocycles. The molecule has 0 amide bonds. The molecule has 0 aromatic rings. The Labute approximate surface area is 125 Å². The van der Waals surface area contributed by atoms with Crippen LogP contribution in [-0.4, -0.2) is 29.0 Å². The second-order valence-corrected chi connectivity index (χ2v) is 4.37. The van der Waals surface area contributed by atoms with Crippen LogP contribution in [0.25, 0.3) is 0 Å². The van der Waals surface area contributed by atoms with Gasteiger partial charge in [-0.25, -0.2) is 4.39 Å². The predicted octanol–water partition coefficient (Wildman–Crippen LogP) is 2.03. The Kier molecular flexibility index (Phi) is 12.2. The zero-order valence-electron chi connectivity index (χ0n) is 11.3. The first-order valence-electron chi connectivity index (χ1n) is 5.29. The highest BCUT2D eigenvalue weighted by Gasteiger charge is 2.27. The minimum atomic E-state index is -1.41. The van der Waals surface area contributed by atoms with Crippen LogP contribution in [0.3, 0.4) is 0 Å². The van der Waals surface area contributed by atoms with E-state index in [1.165, 1.54) is 6.92 Å². The lowest BCUT2D eigenvalue weighted by atomic mass is 9.96. The van der Waals surface area contributed by atoms with Crippen LogP contribution in [-0.2, 0) is 4.79 Å². The number of carbonyl (C=O) groups is 1. The summed E-state index contributed by atoms with van der Waals surface area (Å²) < 4.78 is 13.6. The van der Waals surface area contributed by atoms with Gasteiger partial charge < -0.3 is 16.6 Å². The molecule has 0 unspecified atom stereocenters. The van der Waals surface area contributed by atoms with Crippen molar-refractivity contribution in [2.75, 3.05) is 6.54 Å². The molecule has 1 atom stereocenters. The Morgan fingerprint density at radius 1 is 1.37 bits per heavy atom. The first-order chi connectivity index (χ1) is 7.66. The maximum atomic E-state index is 13.6. The largest absolute Gasteiger partial charge is 0.480 e. The Morgan fingerprint density at radius 3 is 2.21 bits per heavy atom. The molecule has 114 valence electrons. The maximum Gasteiger partial charge on any atom is 0.323 e. The SMILES string of the molecule is CC(N)=NC/C(C)=C(\F)CC[C@](C)(N)C(=O)O.Cl.Cl. The number of rotatable bonds is 6. The van der Waals surface area contributed by atoms with Gasteiger partial charge in [0.1, 0.15) is 11.4 Å². The van der Waals surface area contributed by atoms with E-state index in [1.54, 1.807) is 13.8 Å². The van der Waals surface area contributed by atoms with Gasteiger partial charge in [0.2, 0.25) is 0 Å². The summed E-state index contributed by atoms with van der Waals surface area (Å²) in [5, 5.41) is 8.77. The van der Waals surface area contributed by atoms with Crippen LogP contribution in [0, 0.1) is 0 Å². The van der Waals surface area contributed by atoms with E-state index in [-0.39, 0.29) is 50.0 Å². The van der Waals surface area contributed by atoms with Crippen LogP contribution in [0.5, 0.6) is 0 Å². The van der Waals surface area contributed by atoms with Crippen molar-refractivity contribution in [3.8, 4) is 0 Å². The second-order valence-electron chi connectivity index (χ2n) is 4.37. The number of nitrogens with two attached hydrogens (primary N) is 2. The molecule has 0 radical (unpaired) electrons. The number of carboxylic acids is 1. The fourth-order valence-electron chi connectivity index (χ4n) is 1.02. The van der Waals surface area contributed by atoms with Crippen LogP contribution < -0.4 is 11.5 Å². The van der Waals surface area contributed by atoms with Crippen LogP contribution in [0.4, 0.5) is 4.39 Å². The molecule has 0 spiro atoms. The number of hydrogen-bond acceptors (Lipinski definition) is 3. The standard InChI is InChI=1S/C11H20FN3O2.2ClH/c1-7(6-15-8(2)13)9(12)4-5-11(3,14)10(16)17;;/h4-6,14H2,1-3H3,(H2,13,15)(H,16,17);2*1H/b9-7-;;/t11-;;/m0../s1. The van der Waals surface area contributed by atoms with Crippen molar-refractivity contribution in [3.05, 3.63) is 11.4 Å². The molecule has 5 N–H and O–H groups in total. The minimum absolute atomic E-state index is 0. The summed E-state index contributed by atoms with van der Waals surface area (Å²) in [5.41, 5.74) is 9.85. The number of aliphatic carboxylic acids is 1. The van der Waals surface area contributed by atoms with Crippen LogP contribution >= 0.6 is 24.8 Å². The van der Waals surface area contributed by atoms with Gasteiger partial charge in [0.05, 0.1) is 12.4 Å². The quantitative estimate of drug-likeness (QED) is 0.515. The fourth-order valence-corrected chi connectivity index (χ4v) is 1.02. The van der Waals surface area contributed by atoms with Crippen molar-refractivity contribution in [1.29, 1.82) is 0 Å². The third kappa shape index (κ3) is 9.69. The molecule has 0 aliphatic carbocycles. The predicted molar refractivity (Wildman–Crippen MR) is 79.9 cm³/mol. The van der Waals surface area contributed by atoms with Gasteiger partial charge >= 0.3 is 5.97 Å². The summed E-state index contributed by atoms with van der Waals surface area (Å²) in [4.78, 5) is 14.6. The highest BCUT2D eigenvalue weighted by Crippen LogP contribution is 2.18. The van der Waals surface area contributed by atoms with Crippen molar-refractivity contribution >= 4 is 36.6 Å². The number of allylic oxidation sites excluding steroid dienone is 1. The van der Waals surface area contributed by atoms with Crippen molar-refractivity contribution in [2.24, 2.45) is 16.5 Å². The van der Waals surface area contributed by atoms with Gasteiger partial charge in [-0.1, -0.05) is 0 Å². The molecule has 5 nitrogen and oxygen atoms in total. The molecule has 19 heavy (non-hydrogen) atoms.